The first-order valence-electron chi connectivity index (χ1n) is 7.59. The Morgan fingerprint density at radius 2 is 2.27 bits per heavy atom. The van der Waals surface area contributed by atoms with Crippen molar-refractivity contribution in [2.45, 2.75) is 39.8 Å². The number of amides is 2. The zero-order valence-corrected chi connectivity index (χ0v) is 14.2. The van der Waals surface area contributed by atoms with Gasteiger partial charge in [0.15, 0.2) is 0 Å². The molecule has 0 aromatic carbocycles. The summed E-state index contributed by atoms with van der Waals surface area (Å²) in [5.74, 6) is 0. The molecule has 5 heteroatoms. The van der Waals surface area contributed by atoms with Gasteiger partial charge in [-0.15, -0.1) is 0 Å². The van der Waals surface area contributed by atoms with Gasteiger partial charge in [0.25, 0.3) is 0 Å². The number of nitrogens with one attached hydrogen (secondary N) is 1. The molecule has 0 fully saturated rings. The Morgan fingerprint density at radius 1 is 1.45 bits per heavy atom. The molecule has 0 saturated carbocycles. The van der Waals surface area contributed by atoms with Gasteiger partial charge in [-0.25, -0.2) is 4.79 Å². The summed E-state index contributed by atoms with van der Waals surface area (Å²) in [6.07, 6.45) is 2.70. The lowest BCUT2D eigenvalue weighted by Crippen LogP contribution is -2.41. The van der Waals surface area contributed by atoms with Crippen molar-refractivity contribution in [2.24, 2.45) is 0 Å². The van der Waals surface area contributed by atoms with E-state index >= 15 is 0 Å². The summed E-state index contributed by atoms with van der Waals surface area (Å²) < 4.78 is 0. The summed E-state index contributed by atoms with van der Waals surface area (Å²) in [4.78, 5) is 18.8. The van der Waals surface area contributed by atoms with Crippen LogP contribution < -0.4 is 5.32 Å². The number of nitrogens with zero attached hydrogens (tertiary/aromatic N) is 2. The van der Waals surface area contributed by atoms with Crippen molar-refractivity contribution in [3.05, 3.63) is 52.0 Å². The van der Waals surface area contributed by atoms with Crippen LogP contribution in [-0.2, 0) is 6.54 Å². The average Bonchev–Trinajstić information content (AvgIpc) is 3.00. The number of carbonyl (C=O) groups is 1. The van der Waals surface area contributed by atoms with Crippen LogP contribution in [0, 0.1) is 6.92 Å². The Bertz CT molecular complexity index is 598. The SMILES string of the molecule is CCCN(Cc1ccsc1)C(=O)N[C@@H](C)c1ncccc1C. The third-order valence-electron chi connectivity index (χ3n) is 3.53. The van der Waals surface area contributed by atoms with Crippen LogP contribution in [0.1, 0.15) is 43.1 Å². The lowest BCUT2D eigenvalue weighted by atomic mass is 10.1. The number of hydrogen-bond acceptors (Lipinski definition) is 3. The Labute approximate surface area is 136 Å². The second kappa shape index (κ2) is 7.94. The van der Waals surface area contributed by atoms with Crippen LogP contribution in [-0.4, -0.2) is 22.5 Å². The normalized spacial score (nSPS) is 12.0. The van der Waals surface area contributed by atoms with E-state index in [0.29, 0.717) is 6.54 Å². The molecule has 0 saturated heterocycles. The van der Waals surface area contributed by atoms with Crippen LogP contribution in [0.4, 0.5) is 4.79 Å². The first-order chi connectivity index (χ1) is 10.6. The molecule has 2 amide bonds. The third kappa shape index (κ3) is 4.31. The number of carbonyl (C=O) groups excluding carboxylic acids is 1. The summed E-state index contributed by atoms with van der Waals surface area (Å²) in [6.45, 7) is 7.47. The van der Waals surface area contributed by atoms with Gasteiger partial charge in [0.1, 0.15) is 0 Å². The van der Waals surface area contributed by atoms with Crippen molar-refractivity contribution < 1.29 is 4.79 Å². The second-order valence-electron chi connectivity index (χ2n) is 5.43. The summed E-state index contributed by atoms with van der Waals surface area (Å²) in [5, 5.41) is 7.19. The maximum absolute atomic E-state index is 12.5. The number of rotatable bonds is 6. The van der Waals surface area contributed by atoms with Crippen molar-refractivity contribution in [1.29, 1.82) is 0 Å². The van der Waals surface area contributed by atoms with Crippen molar-refractivity contribution >= 4 is 17.4 Å². The standard InChI is InChI=1S/C17H23N3OS/c1-4-9-20(11-15-7-10-22-12-15)17(21)19-14(3)16-13(2)6-5-8-18-16/h5-8,10,12,14H,4,9,11H2,1-3H3,(H,19,21)/t14-/m0/s1. The largest absolute Gasteiger partial charge is 0.330 e. The van der Waals surface area contributed by atoms with Crippen molar-refractivity contribution in [3.63, 3.8) is 0 Å². The van der Waals surface area contributed by atoms with E-state index in [1.54, 1.807) is 17.5 Å². The molecule has 22 heavy (non-hydrogen) atoms. The van der Waals surface area contributed by atoms with Gasteiger partial charge in [0.05, 0.1) is 11.7 Å². The van der Waals surface area contributed by atoms with E-state index in [4.69, 9.17) is 0 Å². The summed E-state index contributed by atoms with van der Waals surface area (Å²) in [5.41, 5.74) is 3.19. The minimum atomic E-state index is -0.101. The van der Waals surface area contributed by atoms with Crippen molar-refractivity contribution in [2.75, 3.05) is 6.54 Å². The van der Waals surface area contributed by atoms with E-state index in [2.05, 4.69) is 28.7 Å². The molecule has 2 heterocycles. The molecule has 0 spiro atoms. The van der Waals surface area contributed by atoms with Crippen LogP contribution in [0.3, 0.4) is 0 Å². The monoisotopic (exact) mass is 317 g/mol. The molecule has 4 nitrogen and oxygen atoms in total. The fraction of sp³-hybridized carbons (Fsp3) is 0.412. The lowest BCUT2D eigenvalue weighted by Gasteiger charge is -2.25. The smallest absolute Gasteiger partial charge is 0.318 e. The summed E-state index contributed by atoms with van der Waals surface area (Å²) >= 11 is 1.66. The van der Waals surface area contributed by atoms with Crippen LogP contribution in [0.5, 0.6) is 0 Å². The zero-order chi connectivity index (χ0) is 15.9. The van der Waals surface area contributed by atoms with E-state index in [1.807, 2.05) is 36.3 Å². The fourth-order valence-electron chi connectivity index (χ4n) is 2.42. The molecule has 0 unspecified atom stereocenters. The van der Waals surface area contributed by atoms with E-state index in [9.17, 15) is 4.79 Å². The van der Waals surface area contributed by atoms with Crippen LogP contribution >= 0.6 is 11.3 Å². The number of aryl methyl sites for hydroxylation is 1. The van der Waals surface area contributed by atoms with Crippen LogP contribution in [0.2, 0.25) is 0 Å². The maximum atomic E-state index is 12.5. The number of hydrogen-bond donors (Lipinski definition) is 1. The van der Waals surface area contributed by atoms with Gasteiger partial charge in [0.2, 0.25) is 0 Å². The molecule has 118 valence electrons. The molecule has 0 aliphatic heterocycles. The predicted octanol–water partition coefficient (Wildman–Crippen LogP) is 4.13. The number of aromatic nitrogens is 1. The topological polar surface area (TPSA) is 45.2 Å². The first-order valence-corrected chi connectivity index (χ1v) is 8.54. The highest BCUT2D eigenvalue weighted by Crippen LogP contribution is 2.15. The van der Waals surface area contributed by atoms with Crippen molar-refractivity contribution in [1.82, 2.24) is 15.2 Å². The highest BCUT2D eigenvalue weighted by atomic mass is 32.1. The van der Waals surface area contributed by atoms with Gasteiger partial charge in [-0.2, -0.15) is 11.3 Å². The van der Waals surface area contributed by atoms with Crippen LogP contribution in [0.25, 0.3) is 0 Å². The molecule has 0 aliphatic carbocycles. The summed E-state index contributed by atoms with van der Waals surface area (Å²) in [6, 6.07) is 5.85. The van der Waals surface area contributed by atoms with Gasteiger partial charge in [-0.1, -0.05) is 13.0 Å². The number of urea groups is 1. The van der Waals surface area contributed by atoms with E-state index in [1.165, 1.54) is 5.56 Å². The van der Waals surface area contributed by atoms with Crippen LogP contribution in [0.15, 0.2) is 35.2 Å². The average molecular weight is 317 g/mol. The number of thiophene rings is 1. The number of pyridine rings is 1. The Balaban J connectivity index is 2.02. The summed E-state index contributed by atoms with van der Waals surface area (Å²) in [7, 11) is 0. The minimum absolute atomic E-state index is 0.0365. The van der Waals surface area contributed by atoms with E-state index in [-0.39, 0.29) is 12.1 Å². The van der Waals surface area contributed by atoms with Gasteiger partial charge in [-0.3, -0.25) is 4.98 Å². The van der Waals surface area contributed by atoms with Gasteiger partial charge < -0.3 is 10.2 Å². The fourth-order valence-corrected chi connectivity index (χ4v) is 3.08. The molecule has 0 radical (unpaired) electrons. The van der Waals surface area contributed by atoms with Gasteiger partial charge >= 0.3 is 6.03 Å². The van der Waals surface area contributed by atoms with E-state index in [0.717, 1.165) is 24.2 Å². The third-order valence-corrected chi connectivity index (χ3v) is 4.27. The molecule has 0 bridgehead atoms. The maximum Gasteiger partial charge on any atom is 0.318 e. The lowest BCUT2D eigenvalue weighted by molar-refractivity contribution is 0.191. The molecule has 1 atom stereocenters. The molecular weight excluding hydrogens is 294 g/mol. The highest BCUT2D eigenvalue weighted by molar-refractivity contribution is 7.07. The van der Waals surface area contributed by atoms with Gasteiger partial charge in [0, 0.05) is 19.3 Å². The Morgan fingerprint density at radius 3 is 2.91 bits per heavy atom. The molecule has 2 rings (SSSR count). The molecule has 2 aromatic heterocycles. The molecular formula is C17H23N3OS. The first kappa shape index (κ1) is 16.5. The quantitative estimate of drug-likeness (QED) is 0.870. The minimum Gasteiger partial charge on any atom is -0.330 e. The molecule has 2 aromatic rings. The van der Waals surface area contributed by atoms with Gasteiger partial charge in [-0.05, 0) is 54.3 Å². The second-order valence-corrected chi connectivity index (χ2v) is 6.21. The predicted molar refractivity (Wildman–Crippen MR) is 90.9 cm³/mol. The molecule has 0 aliphatic rings. The zero-order valence-electron chi connectivity index (χ0n) is 13.4. The highest BCUT2D eigenvalue weighted by Gasteiger charge is 2.18. The van der Waals surface area contributed by atoms with E-state index < -0.39 is 0 Å². The Hall–Kier alpha value is -1.88. The van der Waals surface area contributed by atoms with Crippen molar-refractivity contribution in [3.8, 4) is 0 Å². The Kier molecular flexibility index (Phi) is 5.95. The molecule has 1 N–H and O–H groups in total.